The van der Waals surface area contributed by atoms with Gasteiger partial charge in [-0.05, 0) is 42.8 Å². The predicted octanol–water partition coefficient (Wildman–Crippen LogP) is 1.61. The van der Waals surface area contributed by atoms with Crippen LogP contribution >= 0.6 is 0 Å². The molecule has 0 heterocycles. The monoisotopic (exact) mass is 429 g/mol. The fourth-order valence-electron chi connectivity index (χ4n) is 2.83. The van der Waals surface area contributed by atoms with Crippen molar-refractivity contribution in [2.24, 2.45) is 0 Å². The van der Waals surface area contributed by atoms with Crippen molar-refractivity contribution in [1.29, 1.82) is 0 Å². The van der Waals surface area contributed by atoms with E-state index in [1.165, 1.54) is 41.7 Å². The van der Waals surface area contributed by atoms with E-state index in [4.69, 9.17) is 11.6 Å². The molecule has 0 unspecified atom stereocenters. The average molecular weight is 429 g/mol. The number of likely N-dealkylation sites (N-methyl/N-ethyl adjacent to an activating group) is 1. The first kappa shape index (κ1) is 23.1. The van der Waals surface area contributed by atoms with Crippen molar-refractivity contribution in [3.8, 4) is 12.3 Å². The molecule has 0 radical (unpaired) electrons. The third kappa shape index (κ3) is 5.24. The van der Waals surface area contributed by atoms with Gasteiger partial charge in [0.2, 0.25) is 15.9 Å². The number of carbonyl (C=O) groups excluding carboxylic acids is 2. The molecule has 0 fully saturated rings. The van der Waals surface area contributed by atoms with E-state index in [1.807, 2.05) is 6.07 Å². The van der Waals surface area contributed by atoms with Gasteiger partial charge in [0, 0.05) is 31.8 Å². The van der Waals surface area contributed by atoms with Gasteiger partial charge in [-0.3, -0.25) is 14.8 Å². The molecule has 2 aromatic rings. The molecule has 0 aliphatic carbocycles. The number of benzene rings is 2. The summed E-state index contributed by atoms with van der Waals surface area (Å²) in [7, 11) is -1.26. The molecule has 158 valence electrons. The Morgan fingerprint density at radius 3 is 2.23 bits per heavy atom. The summed E-state index contributed by atoms with van der Waals surface area (Å²) < 4.78 is 26.7. The summed E-state index contributed by atoms with van der Waals surface area (Å²) >= 11 is 0. The number of hydroxylamine groups is 1. The standard InChI is InChI=1S/C21H23N3O5S/c1-4-16-10-12-18(13-11-16)30(28,29)24(3)19(21(26)22-27)14-15-20(25)23(2)17-8-6-5-7-9-17/h1,5-13,19,27H,14-15H2,2-3H3,(H,22,26)/t19-/m1/s1. The summed E-state index contributed by atoms with van der Waals surface area (Å²) in [5.74, 6) is 1.16. The highest BCUT2D eigenvalue weighted by atomic mass is 32.2. The maximum absolute atomic E-state index is 12.9. The zero-order valence-corrected chi connectivity index (χ0v) is 17.5. The number of para-hydroxylation sites is 1. The van der Waals surface area contributed by atoms with Crippen molar-refractivity contribution in [1.82, 2.24) is 9.79 Å². The minimum Gasteiger partial charge on any atom is -0.316 e. The predicted molar refractivity (Wildman–Crippen MR) is 112 cm³/mol. The molecule has 2 N–H and O–H groups in total. The van der Waals surface area contributed by atoms with Crippen molar-refractivity contribution in [2.45, 2.75) is 23.8 Å². The Labute approximate surface area is 176 Å². The zero-order chi connectivity index (χ0) is 22.3. The molecule has 9 heteroatoms. The number of rotatable bonds is 8. The molecular weight excluding hydrogens is 406 g/mol. The van der Waals surface area contributed by atoms with E-state index in [-0.39, 0.29) is 23.6 Å². The molecule has 1 atom stereocenters. The molecule has 0 bridgehead atoms. The largest absolute Gasteiger partial charge is 0.316 e. The summed E-state index contributed by atoms with van der Waals surface area (Å²) in [5.41, 5.74) is 2.65. The highest BCUT2D eigenvalue weighted by Gasteiger charge is 2.33. The first-order chi connectivity index (χ1) is 14.2. The lowest BCUT2D eigenvalue weighted by atomic mass is 10.1. The van der Waals surface area contributed by atoms with Gasteiger partial charge in [0.05, 0.1) is 4.90 Å². The van der Waals surface area contributed by atoms with Gasteiger partial charge in [-0.25, -0.2) is 13.9 Å². The van der Waals surface area contributed by atoms with E-state index in [0.29, 0.717) is 11.3 Å². The lowest BCUT2D eigenvalue weighted by molar-refractivity contribution is -0.133. The number of sulfonamides is 1. The van der Waals surface area contributed by atoms with Crippen molar-refractivity contribution in [3.05, 3.63) is 60.2 Å². The molecule has 0 saturated heterocycles. The van der Waals surface area contributed by atoms with Crippen molar-refractivity contribution >= 4 is 27.5 Å². The van der Waals surface area contributed by atoms with Crippen LogP contribution in [0.3, 0.4) is 0 Å². The Kier molecular flexibility index (Phi) is 7.72. The van der Waals surface area contributed by atoms with Crippen LogP contribution in [0.25, 0.3) is 0 Å². The number of carbonyl (C=O) groups is 2. The van der Waals surface area contributed by atoms with Gasteiger partial charge >= 0.3 is 0 Å². The average Bonchev–Trinajstić information content (AvgIpc) is 2.78. The summed E-state index contributed by atoms with van der Waals surface area (Å²) in [5, 5.41) is 9.07. The molecule has 30 heavy (non-hydrogen) atoms. The third-order valence-corrected chi connectivity index (χ3v) is 6.58. The minimum atomic E-state index is -4.07. The van der Waals surface area contributed by atoms with Crippen molar-refractivity contribution < 1.29 is 23.2 Å². The number of nitrogens with zero attached hydrogens (tertiary/aromatic N) is 2. The summed E-state index contributed by atoms with van der Waals surface area (Å²) in [6.07, 6.45) is 5.05. The van der Waals surface area contributed by atoms with E-state index in [0.717, 1.165) is 4.31 Å². The zero-order valence-electron chi connectivity index (χ0n) is 16.6. The SMILES string of the molecule is C#Cc1ccc(S(=O)(=O)N(C)[C@H](CCC(=O)N(C)c2ccccc2)C(=O)NO)cc1. The molecule has 2 amide bonds. The number of hydrogen-bond donors (Lipinski definition) is 2. The number of nitrogens with one attached hydrogen (secondary N) is 1. The molecule has 0 saturated carbocycles. The van der Waals surface area contributed by atoms with Crippen LogP contribution in [0.15, 0.2) is 59.5 Å². The van der Waals surface area contributed by atoms with E-state index in [2.05, 4.69) is 5.92 Å². The molecule has 2 rings (SSSR count). The van der Waals surface area contributed by atoms with Crippen LogP contribution in [-0.4, -0.2) is 49.9 Å². The smallest absolute Gasteiger partial charge is 0.261 e. The molecule has 0 aromatic heterocycles. The molecule has 8 nitrogen and oxygen atoms in total. The van der Waals surface area contributed by atoms with Crippen LogP contribution in [0, 0.1) is 12.3 Å². The lowest BCUT2D eigenvalue weighted by Crippen LogP contribution is -2.47. The number of terminal acetylenes is 1. The summed E-state index contributed by atoms with van der Waals surface area (Å²) in [6, 6.07) is 13.2. The van der Waals surface area contributed by atoms with E-state index >= 15 is 0 Å². The van der Waals surface area contributed by atoms with Crippen LogP contribution < -0.4 is 10.4 Å². The second-order valence-corrected chi connectivity index (χ2v) is 8.51. The van der Waals surface area contributed by atoms with Crippen molar-refractivity contribution in [2.75, 3.05) is 19.0 Å². The maximum atomic E-state index is 12.9. The second kappa shape index (κ2) is 10.0. The summed E-state index contributed by atoms with van der Waals surface area (Å²) in [6.45, 7) is 0. The fraction of sp³-hybridized carbons (Fsp3) is 0.238. The van der Waals surface area contributed by atoms with Gasteiger partial charge in [0.1, 0.15) is 6.04 Å². The van der Waals surface area contributed by atoms with E-state index in [1.54, 1.807) is 31.3 Å². The second-order valence-electron chi connectivity index (χ2n) is 6.51. The Morgan fingerprint density at radius 2 is 1.70 bits per heavy atom. The highest BCUT2D eigenvalue weighted by molar-refractivity contribution is 7.89. The molecular formula is C21H23N3O5S. The van der Waals surface area contributed by atoms with Crippen molar-refractivity contribution in [3.63, 3.8) is 0 Å². The fourth-order valence-corrected chi connectivity index (χ4v) is 4.18. The minimum absolute atomic E-state index is 0.0625. The van der Waals surface area contributed by atoms with Gasteiger partial charge in [-0.15, -0.1) is 6.42 Å². The molecule has 0 aliphatic rings. The third-order valence-electron chi connectivity index (χ3n) is 4.70. The Bertz CT molecular complexity index is 1030. The van der Waals surface area contributed by atoms with E-state index < -0.39 is 22.0 Å². The van der Waals surface area contributed by atoms with Crippen LogP contribution in [-0.2, 0) is 19.6 Å². The number of amides is 2. The summed E-state index contributed by atoms with van der Waals surface area (Å²) in [4.78, 5) is 26.0. The van der Waals surface area contributed by atoms with Crippen LogP contribution in [0.2, 0.25) is 0 Å². The molecule has 0 aliphatic heterocycles. The maximum Gasteiger partial charge on any atom is 0.261 e. The first-order valence-electron chi connectivity index (χ1n) is 9.02. The number of anilines is 1. The van der Waals surface area contributed by atoms with Crippen LogP contribution in [0.5, 0.6) is 0 Å². The Hall–Kier alpha value is -3.19. The van der Waals surface area contributed by atoms with E-state index in [9.17, 15) is 18.0 Å². The highest BCUT2D eigenvalue weighted by Crippen LogP contribution is 2.21. The quantitative estimate of drug-likeness (QED) is 0.377. The topological polar surface area (TPSA) is 107 Å². The van der Waals surface area contributed by atoms with Crippen LogP contribution in [0.4, 0.5) is 5.69 Å². The Balaban J connectivity index is 2.19. The van der Waals surface area contributed by atoms with Gasteiger partial charge in [0.25, 0.3) is 5.91 Å². The molecule has 0 spiro atoms. The van der Waals surface area contributed by atoms with Gasteiger partial charge < -0.3 is 4.90 Å². The normalized spacial score (nSPS) is 12.1. The lowest BCUT2D eigenvalue weighted by Gasteiger charge is -2.26. The van der Waals surface area contributed by atoms with Crippen LogP contribution in [0.1, 0.15) is 18.4 Å². The number of hydrogen-bond acceptors (Lipinski definition) is 5. The first-order valence-corrected chi connectivity index (χ1v) is 10.5. The van der Waals surface area contributed by atoms with Gasteiger partial charge in [-0.2, -0.15) is 4.31 Å². The molecule has 2 aromatic carbocycles. The Morgan fingerprint density at radius 1 is 1.10 bits per heavy atom. The van der Waals surface area contributed by atoms with Gasteiger partial charge in [-0.1, -0.05) is 24.1 Å². The van der Waals surface area contributed by atoms with Gasteiger partial charge in [0.15, 0.2) is 0 Å².